The number of hydrogen-bond donors (Lipinski definition) is 2. The Morgan fingerprint density at radius 2 is 1.59 bits per heavy atom. The van der Waals surface area contributed by atoms with Crippen LogP contribution in [0.4, 0.5) is 5.69 Å². The highest BCUT2D eigenvalue weighted by Gasteiger charge is 2.30. The van der Waals surface area contributed by atoms with Crippen LogP contribution in [0.5, 0.6) is 5.75 Å². The van der Waals surface area contributed by atoms with Crippen LogP contribution in [-0.2, 0) is 22.0 Å². The van der Waals surface area contributed by atoms with E-state index in [4.69, 9.17) is 0 Å². The molecule has 4 rings (SSSR count). The number of phenolic OH excluding ortho intramolecular Hbond substituents is 1. The zero-order valence-electron chi connectivity index (χ0n) is 24.0. The summed E-state index contributed by atoms with van der Waals surface area (Å²) in [6, 6.07) is 12.2. The number of tetrazole rings is 1. The minimum Gasteiger partial charge on any atom is -0.507 e. The van der Waals surface area contributed by atoms with Gasteiger partial charge >= 0.3 is 0 Å². The molecule has 0 aliphatic carbocycles. The molecule has 8 heteroatoms. The van der Waals surface area contributed by atoms with E-state index in [1.807, 2.05) is 41.3 Å². The lowest BCUT2D eigenvalue weighted by atomic mass is 9.78. The summed E-state index contributed by atoms with van der Waals surface area (Å²) in [6.45, 7) is 13.3. The van der Waals surface area contributed by atoms with Gasteiger partial charge in [-0.2, -0.15) is 0 Å². The lowest BCUT2D eigenvalue weighted by molar-refractivity contribution is -0.114. The number of unbranched alkanes of at least 4 members (excludes halogenated alkanes) is 4. The number of anilines is 1. The fourth-order valence-electron chi connectivity index (χ4n) is 4.90. The first-order valence-electron chi connectivity index (χ1n) is 13.9. The molecule has 208 valence electrons. The van der Waals surface area contributed by atoms with Crippen molar-refractivity contribution in [2.45, 2.75) is 95.8 Å². The maximum Gasteiger partial charge on any atom is 0.265 e. The molecule has 1 aliphatic rings. The maximum absolute atomic E-state index is 13.8. The molecular weight excluding hydrogens is 506 g/mol. The van der Waals surface area contributed by atoms with Gasteiger partial charge in [-0.1, -0.05) is 84.7 Å². The van der Waals surface area contributed by atoms with E-state index in [-0.39, 0.29) is 16.7 Å². The molecule has 0 fully saturated rings. The van der Waals surface area contributed by atoms with E-state index in [0.717, 1.165) is 71.6 Å². The number of H-pyrrole nitrogens is 1. The number of carbonyl (C=O) groups excluding carboxylic acids is 1. The fraction of sp³-hybridized carbons (Fsp3) is 0.484. The standard InChI is InChI=1S/C31H41N5O2S/c1-30(2,3)22-18-21(19-23(28(22)37)31(4,5)6)20-26-29(38)36(24-14-11-12-15-25(24)39-26)17-13-9-7-8-10-16-27-32-34-35-33-27/h11-12,14-15,18-20,37H,7-10,13,16-17H2,1-6H3,(H,32,33,34,35). The van der Waals surface area contributed by atoms with Gasteiger partial charge in [0.1, 0.15) is 11.6 Å². The Kier molecular flexibility index (Phi) is 8.84. The Balaban J connectivity index is 1.52. The number of nitrogens with one attached hydrogen (secondary N) is 1. The van der Waals surface area contributed by atoms with Gasteiger partial charge in [0.25, 0.3) is 5.91 Å². The summed E-state index contributed by atoms with van der Waals surface area (Å²) in [5.74, 6) is 1.23. The molecule has 39 heavy (non-hydrogen) atoms. The van der Waals surface area contributed by atoms with Gasteiger partial charge in [-0.05, 0) is 70.0 Å². The number of thioether (sulfide) groups is 1. The predicted octanol–water partition coefficient (Wildman–Crippen LogP) is 7.17. The number of carbonyl (C=O) groups is 1. The maximum atomic E-state index is 13.8. The van der Waals surface area contributed by atoms with Crippen molar-refractivity contribution in [3.05, 3.63) is 63.8 Å². The zero-order valence-corrected chi connectivity index (χ0v) is 24.9. The minimum absolute atomic E-state index is 0.0409. The van der Waals surface area contributed by atoms with Crippen LogP contribution in [0.2, 0.25) is 0 Å². The molecule has 3 aromatic rings. The molecule has 2 N–H and O–H groups in total. The normalized spacial score (nSPS) is 15.2. The molecule has 2 aromatic carbocycles. The van der Waals surface area contributed by atoms with Gasteiger partial charge in [0.15, 0.2) is 0 Å². The van der Waals surface area contributed by atoms with Crippen LogP contribution in [0.25, 0.3) is 6.08 Å². The number of rotatable bonds is 9. The smallest absolute Gasteiger partial charge is 0.265 e. The molecule has 1 amide bonds. The van der Waals surface area contributed by atoms with E-state index >= 15 is 0 Å². The lowest BCUT2D eigenvalue weighted by Gasteiger charge is -2.31. The van der Waals surface area contributed by atoms with Crippen molar-refractivity contribution in [2.24, 2.45) is 0 Å². The average Bonchev–Trinajstić information content (AvgIpc) is 3.38. The molecule has 0 radical (unpaired) electrons. The number of aromatic nitrogens is 4. The number of aryl methyl sites for hydroxylation is 1. The molecule has 0 atom stereocenters. The van der Waals surface area contributed by atoms with E-state index in [0.29, 0.717) is 17.2 Å². The molecule has 0 unspecified atom stereocenters. The second-order valence-corrected chi connectivity index (χ2v) is 13.4. The molecule has 0 saturated heterocycles. The van der Waals surface area contributed by atoms with Gasteiger partial charge in [-0.25, -0.2) is 5.10 Å². The minimum atomic E-state index is -0.229. The third-order valence-corrected chi connectivity index (χ3v) is 8.14. The molecule has 7 nitrogen and oxygen atoms in total. The Hall–Kier alpha value is -3.13. The first-order chi connectivity index (χ1) is 18.4. The summed E-state index contributed by atoms with van der Waals surface area (Å²) in [5, 5.41) is 25.1. The molecule has 0 spiro atoms. The third-order valence-electron chi connectivity index (χ3n) is 7.06. The van der Waals surface area contributed by atoms with Gasteiger partial charge in [0.05, 0.1) is 10.6 Å². The molecule has 1 aliphatic heterocycles. The van der Waals surface area contributed by atoms with E-state index in [1.54, 1.807) is 0 Å². The third kappa shape index (κ3) is 7.10. The lowest BCUT2D eigenvalue weighted by Crippen LogP contribution is -2.35. The van der Waals surface area contributed by atoms with Crippen LogP contribution in [0, 0.1) is 0 Å². The summed E-state index contributed by atoms with van der Waals surface area (Å²) in [5.41, 5.74) is 3.26. The highest BCUT2D eigenvalue weighted by Crippen LogP contribution is 2.44. The van der Waals surface area contributed by atoms with Gasteiger partial charge in [-0.15, -0.1) is 5.10 Å². The average molecular weight is 548 g/mol. The van der Waals surface area contributed by atoms with E-state index in [1.165, 1.54) is 11.8 Å². The molecule has 0 bridgehead atoms. The fourth-order valence-corrected chi connectivity index (χ4v) is 5.96. The number of phenols is 1. The first-order valence-corrected chi connectivity index (χ1v) is 14.7. The Morgan fingerprint density at radius 3 is 2.23 bits per heavy atom. The number of fused-ring (bicyclic) bond motifs is 1. The first kappa shape index (κ1) is 28.9. The summed E-state index contributed by atoms with van der Waals surface area (Å²) < 4.78 is 0. The molecule has 0 saturated carbocycles. The van der Waals surface area contributed by atoms with Crippen molar-refractivity contribution >= 4 is 29.4 Å². The number of amides is 1. The Labute approximate surface area is 236 Å². The number of hydrogen-bond acceptors (Lipinski definition) is 6. The molecule has 2 heterocycles. The van der Waals surface area contributed by atoms with Crippen LogP contribution in [0.3, 0.4) is 0 Å². The second-order valence-electron chi connectivity index (χ2n) is 12.4. The summed E-state index contributed by atoms with van der Waals surface area (Å²) in [6.07, 6.45) is 8.14. The molecular formula is C31H41N5O2S. The van der Waals surface area contributed by atoms with E-state index in [9.17, 15) is 9.90 Å². The summed E-state index contributed by atoms with van der Waals surface area (Å²) >= 11 is 1.53. The van der Waals surface area contributed by atoms with Crippen molar-refractivity contribution in [1.82, 2.24) is 20.6 Å². The second kappa shape index (κ2) is 11.9. The highest BCUT2D eigenvalue weighted by molar-refractivity contribution is 8.04. The van der Waals surface area contributed by atoms with Gasteiger partial charge in [-0.3, -0.25) is 4.79 Å². The van der Waals surface area contributed by atoms with Crippen LogP contribution in [-0.4, -0.2) is 38.2 Å². The van der Waals surface area contributed by atoms with E-state index < -0.39 is 0 Å². The number of nitrogens with zero attached hydrogens (tertiary/aromatic N) is 4. The molecule has 1 aromatic heterocycles. The largest absolute Gasteiger partial charge is 0.507 e. The summed E-state index contributed by atoms with van der Waals surface area (Å²) in [7, 11) is 0. The summed E-state index contributed by atoms with van der Waals surface area (Å²) in [4.78, 5) is 17.5. The number of para-hydroxylation sites is 1. The number of benzene rings is 2. The Bertz CT molecular complexity index is 1280. The topological polar surface area (TPSA) is 95.0 Å². The van der Waals surface area contributed by atoms with Gasteiger partial charge in [0.2, 0.25) is 0 Å². The SMILES string of the molecule is CC(C)(C)c1cc(C=C2Sc3ccccc3N(CCCCCCCc3nnn[nH]3)C2=O)cc(C(C)(C)C)c1O. The highest BCUT2D eigenvalue weighted by atomic mass is 32.2. The van der Waals surface area contributed by atoms with Crippen molar-refractivity contribution in [1.29, 1.82) is 0 Å². The van der Waals surface area contributed by atoms with Crippen molar-refractivity contribution in [3.8, 4) is 5.75 Å². The predicted molar refractivity (Wildman–Crippen MR) is 159 cm³/mol. The van der Waals surface area contributed by atoms with Gasteiger partial charge < -0.3 is 10.0 Å². The van der Waals surface area contributed by atoms with Crippen molar-refractivity contribution in [2.75, 3.05) is 11.4 Å². The quantitative estimate of drug-likeness (QED) is 0.218. The Morgan fingerprint density at radius 1 is 0.949 bits per heavy atom. The van der Waals surface area contributed by atoms with E-state index in [2.05, 4.69) is 68.2 Å². The van der Waals surface area contributed by atoms with Gasteiger partial charge in [0, 0.05) is 29.0 Å². The van der Waals surface area contributed by atoms with Crippen LogP contribution < -0.4 is 4.90 Å². The van der Waals surface area contributed by atoms with Crippen LogP contribution in [0.1, 0.15) is 96.2 Å². The van der Waals surface area contributed by atoms with Crippen molar-refractivity contribution < 1.29 is 9.90 Å². The zero-order chi connectivity index (χ0) is 28.2. The van der Waals surface area contributed by atoms with Crippen LogP contribution in [0.15, 0.2) is 46.2 Å². The van der Waals surface area contributed by atoms with Crippen LogP contribution >= 0.6 is 11.8 Å². The monoisotopic (exact) mass is 547 g/mol. The van der Waals surface area contributed by atoms with Crippen molar-refractivity contribution in [3.63, 3.8) is 0 Å². The number of aromatic hydroxyl groups is 1. The number of aromatic amines is 1.